The Hall–Kier alpha value is -2.09. The molecule has 1 amide bonds. The molecule has 0 unspecified atom stereocenters. The summed E-state index contributed by atoms with van der Waals surface area (Å²) in [5, 5.41) is 15.7. The van der Waals surface area contributed by atoms with Gasteiger partial charge in [0.25, 0.3) is 5.91 Å². The second-order valence-corrected chi connectivity index (χ2v) is 7.31. The van der Waals surface area contributed by atoms with Crippen molar-refractivity contribution >= 4 is 63.7 Å². The molecule has 0 saturated carbocycles. The third-order valence-corrected chi connectivity index (χ3v) is 4.78. The Bertz CT molecular complexity index is 1050. The van der Waals surface area contributed by atoms with Crippen LogP contribution in [-0.4, -0.2) is 16.1 Å². The maximum atomic E-state index is 12.3. The Kier molecular flexibility index (Phi) is 6.59. The summed E-state index contributed by atoms with van der Waals surface area (Å²) < 4.78 is 5.48. The smallest absolute Gasteiger partial charge is 0.258 e. The number of halogens is 3. The quantitative estimate of drug-likeness (QED) is 0.451. The Morgan fingerprint density at radius 1 is 1.04 bits per heavy atom. The minimum atomic E-state index is -0.464. The van der Waals surface area contributed by atoms with E-state index in [4.69, 9.17) is 56.5 Å². The lowest BCUT2D eigenvalue weighted by Gasteiger charge is -2.11. The van der Waals surface area contributed by atoms with E-state index in [-0.39, 0.29) is 22.3 Å². The fourth-order valence-corrected chi connectivity index (χ4v) is 3.39. The van der Waals surface area contributed by atoms with Crippen LogP contribution in [-0.2, 0) is 6.61 Å². The van der Waals surface area contributed by atoms with Gasteiger partial charge in [0.1, 0.15) is 18.1 Å². The molecule has 0 aliphatic carbocycles. The number of rotatable bonds is 4. The molecular formula is C19H13Cl3N2O3S. The fraction of sp³-hybridized carbons (Fsp3) is 0.0526. The lowest BCUT2D eigenvalue weighted by Crippen LogP contribution is -2.34. The zero-order valence-corrected chi connectivity index (χ0v) is 17.2. The highest BCUT2D eigenvalue weighted by Gasteiger charge is 2.13. The third kappa shape index (κ3) is 4.84. The van der Waals surface area contributed by atoms with Gasteiger partial charge >= 0.3 is 0 Å². The minimum Gasteiger partial charge on any atom is -0.459 e. The molecule has 9 heteroatoms. The largest absolute Gasteiger partial charge is 0.459 e. The van der Waals surface area contributed by atoms with Gasteiger partial charge in [-0.05, 0) is 60.7 Å². The molecule has 0 fully saturated rings. The second-order valence-electron chi connectivity index (χ2n) is 5.65. The number of hydrogen-bond donors (Lipinski definition) is 3. The van der Waals surface area contributed by atoms with Crippen molar-refractivity contribution in [2.45, 2.75) is 6.61 Å². The molecule has 0 aliphatic rings. The van der Waals surface area contributed by atoms with Gasteiger partial charge in [-0.2, -0.15) is 0 Å². The van der Waals surface area contributed by atoms with Gasteiger partial charge in [-0.15, -0.1) is 0 Å². The van der Waals surface area contributed by atoms with E-state index in [1.165, 1.54) is 12.1 Å². The van der Waals surface area contributed by atoms with E-state index in [0.29, 0.717) is 32.8 Å². The van der Waals surface area contributed by atoms with Crippen molar-refractivity contribution < 1.29 is 14.3 Å². The van der Waals surface area contributed by atoms with Crippen molar-refractivity contribution in [3.8, 4) is 11.3 Å². The molecule has 3 rings (SSSR count). The number of anilines is 1. The molecule has 0 aliphatic heterocycles. The first kappa shape index (κ1) is 20.6. The summed E-state index contributed by atoms with van der Waals surface area (Å²) in [5.74, 6) is 0.515. The maximum absolute atomic E-state index is 12.3. The summed E-state index contributed by atoms with van der Waals surface area (Å²) in [5.41, 5.74) is 1.49. The highest BCUT2D eigenvalue weighted by atomic mass is 35.5. The molecule has 1 heterocycles. The normalized spacial score (nSPS) is 10.6. The van der Waals surface area contributed by atoms with Crippen LogP contribution >= 0.6 is 47.0 Å². The van der Waals surface area contributed by atoms with Gasteiger partial charge in [0.15, 0.2) is 5.11 Å². The van der Waals surface area contributed by atoms with Crippen LogP contribution in [0.5, 0.6) is 0 Å². The first-order chi connectivity index (χ1) is 13.4. The van der Waals surface area contributed by atoms with E-state index >= 15 is 0 Å². The van der Waals surface area contributed by atoms with Crippen molar-refractivity contribution in [2.75, 3.05) is 5.32 Å². The van der Waals surface area contributed by atoms with E-state index in [0.717, 1.165) is 0 Å². The van der Waals surface area contributed by atoms with E-state index in [1.54, 1.807) is 36.4 Å². The molecule has 0 radical (unpaired) electrons. The summed E-state index contributed by atoms with van der Waals surface area (Å²) in [6.45, 7) is -0.192. The molecule has 3 N–H and O–H groups in total. The van der Waals surface area contributed by atoms with Crippen molar-refractivity contribution in [3.63, 3.8) is 0 Å². The molecule has 0 atom stereocenters. The molecule has 0 saturated heterocycles. The number of nitrogens with one attached hydrogen (secondary N) is 2. The highest BCUT2D eigenvalue weighted by molar-refractivity contribution is 7.80. The predicted octanol–water partition coefficient (Wildman–Crippen LogP) is 5.53. The zero-order valence-electron chi connectivity index (χ0n) is 14.1. The Balaban J connectivity index is 1.68. The summed E-state index contributed by atoms with van der Waals surface area (Å²) in [6.07, 6.45) is 0. The SMILES string of the molecule is O=C(NC(=S)Nc1ccc(-c2ccc(CO)o2)c(Cl)c1)c1ccc(Cl)cc1Cl. The lowest BCUT2D eigenvalue weighted by molar-refractivity contribution is 0.0978. The number of aliphatic hydroxyl groups excluding tert-OH is 1. The molecule has 5 nitrogen and oxygen atoms in total. The molecule has 3 aromatic rings. The van der Waals surface area contributed by atoms with Gasteiger partial charge < -0.3 is 14.8 Å². The predicted molar refractivity (Wildman–Crippen MR) is 115 cm³/mol. The number of carbonyl (C=O) groups excluding carboxylic acids is 1. The van der Waals surface area contributed by atoms with Crippen LogP contribution in [0.2, 0.25) is 15.1 Å². The maximum Gasteiger partial charge on any atom is 0.258 e. The molecule has 0 spiro atoms. The Labute approximate surface area is 181 Å². The Morgan fingerprint density at radius 3 is 2.46 bits per heavy atom. The number of amides is 1. The van der Waals surface area contributed by atoms with Crippen LogP contribution in [0.4, 0.5) is 5.69 Å². The van der Waals surface area contributed by atoms with Crippen molar-refractivity contribution in [2.24, 2.45) is 0 Å². The summed E-state index contributed by atoms with van der Waals surface area (Å²) in [4.78, 5) is 12.3. The Morgan fingerprint density at radius 2 is 1.82 bits per heavy atom. The van der Waals surface area contributed by atoms with Crippen molar-refractivity contribution in [1.29, 1.82) is 0 Å². The molecule has 2 aromatic carbocycles. The number of hydrogen-bond acceptors (Lipinski definition) is 4. The average Bonchev–Trinajstić information content (AvgIpc) is 3.10. The fourth-order valence-electron chi connectivity index (χ4n) is 2.41. The van der Waals surface area contributed by atoms with Crippen LogP contribution in [0.3, 0.4) is 0 Å². The van der Waals surface area contributed by atoms with E-state index in [9.17, 15) is 4.79 Å². The van der Waals surface area contributed by atoms with Crippen LogP contribution in [0.1, 0.15) is 16.1 Å². The van der Waals surface area contributed by atoms with Crippen molar-refractivity contribution in [3.05, 3.63) is 74.9 Å². The summed E-state index contributed by atoms with van der Waals surface area (Å²) in [6, 6.07) is 13.1. The zero-order chi connectivity index (χ0) is 20.3. The van der Waals surface area contributed by atoms with Gasteiger partial charge in [0.2, 0.25) is 0 Å². The molecule has 28 heavy (non-hydrogen) atoms. The summed E-state index contributed by atoms with van der Waals surface area (Å²) >= 11 is 23.3. The monoisotopic (exact) mass is 454 g/mol. The first-order valence-electron chi connectivity index (χ1n) is 7.94. The number of benzene rings is 2. The average molecular weight is 456 g/mol. The minimum absolute atomic E-state index is 0.0837. The van der Waals surface area contributed by atoms with Crippen LogP contribution in [0.25, 0.3) is 11.3 Å². The van der Waals surface area contributed by atoms with Crippen molar-refractivity contribution in [1.82, 2.24) is 5.32 Å². The van der Waals surface area contributed by atoms with E-state index < -0.39 is 5.91 Å². The standard InChI is InChI=1S/C19H13Cl3N2O3S/c20-10-1-4-14(15(21)7-10)18(26)24-19(28)23-11-2-5-13(16(22)8-11)17-6-3-12(9-25)27-17/h1-8,25H,9H2,(H2,23,24,26,28). The number of carbonyl (C=O) groups is 1. The van der Waals surface area contributed by atoms with Gasteiger partial charge in [-0.3, -0.25) is 10.1 Å². The lowest BCUT2D eigenvalue weighted by atomic mass is 10.1. The number of aliphatic hydroxyl groups is 1. The summed E-state index contributed by atoms with van der Waals surface area (Å²) in [7, 11) is 0. The highest BCUT2D eigenvalue weighted by Crippen LogP contribution is 2.31. The molecular weight excluding hydrogens is 443 g/mol. The second kappa shape index (κ2) is 8.94. The van der Waals surface area contributed by atoms with E-state index in [1.807, 2.05) is 0 Å². The first-order valence-corrected chi connectivity index (χ1v) is 9.48. The van der Waals surface area contributed by atoms with Crippen LogP contribution < -0.4 is 10.6 Å². The van der Waals surface area contributed by atoms with Crippen LogP contribution in [0, 0.1) is 0 Å². The van der Waals surface area contributed by atoms with Gasteiger partial charge in [-0.25, -0.2) is 0 Å². The van der Waals surface area contributed by atoms with Gasteiger partial charge in [-0.1, -0.05) is 34.8 Å². The third-order valence-electron chi connectivity index (χ3n) is 3.71. The molecule has 0 bridgehead atoms. The van der Waals surface area contributed by atoms with Gasteiger partial charge in [0, 0.05) is 16.3 Å². The van der Waals surface area contributed by atoms with Gasteiger partial charge in [0.05, 0.1) is 15.6 Å². The van der Waals surface area contributed by atoms with E-state index in [2.05, 4.69) is 10.6 Å². The van der Waals surface area contributed by atoms with Crippen LogP contribution in [0.15, 0.2) is 52.9 Å². The molecule has 1 aromatic heterocycles. The molecule has 144 valence electrons. The number of furan rings is 1. The number of thiocarbonyl (C=S) groups is 1. The topological polar surface area (TPSA) is 74.5 Å².